The van der Waals surface area contributed by atoms with Gasteiger partial charge in [-0.2, -0.15) is 0 Å². The average molecular weight is 349 g/mol. The van der Waals surface area contributed by atoms with Crippen LogP contribution in [0.1, 0.15) is 30.7 Å². The molecule has 23 heavy (non-hydrogen) atoms. The Balaban J connectivity index is 1.83. The highest BCUT2D eigenvalue weighted by Gasteiger charge is 2.07. The average Bonchev–Trinajstić information content (AvgIpc) is 3.03. The van der Waals surface area contributed by atoms with Crippen molar-refractivity contribution >= 4 is 34.8 Å². The molecule has 0 aliphatic carbocycles. The quantitative estimate of drug-likeness (QED) is 0.666. The van der Waals surface area contributed by atoms with Crippen molar-refractivity contribution in [2.45, 2.75) is 43.8 Å². The number of thioether (sulfide) groups is 1. The molecule has 124 valence electrons. The van der Waals surface area contributed by atoms with Crippen molar-refractivity contribution < 1.29 is 4.79 Å². The van der Waals surface area contributed by atoms with Crippen molar-refractivity contribution in [2.24, 2.45) is 0 Å². The Hall–Kier alpha value is -1.46. The van der Waals surface area contributed by atoms with Gasteiger partial charge in [-0.25, -0.2) is 4.79 Å². The number of hydrogen-bond donors (Lipinski definition) is 2. The molecule has 5 heteroatoms. The molecule has 1 atom stereocenters. The summed E-state index contributed by atoms with van der Waals surface area (Å²) >= 11 is 3.59. The fourth-order valence-electron chi connectivity index (χ4n) is 2.09. The highest BCUT2D eigenvalue weighted by atomic mass is 32.2. The molecule has 0 radical (unpaired) electrons. The normalized spacial score (nSPS) is 12.0. The monoisotopic (exact) mass is 348 g/mol. The summed E-state index contributed by atoms with van der Waals surface area (Å²) in [7, 11) is 0. The van der Waals surface area contributed by atoms with E-state index in [-0.39, 0.29) is 6.03 Å². The van der Waals surface area contributed by atoms with Gasteiger partial charge < -0.3 is 10.6 Å². The Bertz CT molecular complexity index is 626. The second kappa shape index (κ2) is 8.99. The summed E-state index contributed by atoms with van der Waals surface area (Å²) in [6, 6.07) is 10.2. The third-order valence-corrected chi connectivity index (χ3v) is 5.79. The van der Waals surface area contributed by atoms with E-state index in [1.807, 2.05) is 30.8 Å². The van der Waals surface area contributed by atoms with Crippen LogP contribution in [-0.4, -0.2) is 17.8 Å². The van der Waals surface area contributed by atoms with Crippen LogP contribution < -0.4 is 10.6 Å². The summed E-state index contributed by atoms with van der Waals surface area (Å²) in [6.45, 7) is 7.10. The summed E-state index contributed by atoms with van der Waals surface area (Å²) in [5.74, 6) is 0. The Morgan fingerprint density at radius 1 is 1.35 bits per heavy atom. The fraction of sp³-hybridized carbons (Fsp3) is 0.389. The maximum absolute atomic E-state index is 12.0. The van der Waals surface area contributed by atoms with Gasteiger partial charge in [0.2, 0.25) is 0 Å². The van der Waals surface area contributed by atoms with Gasteiger partial charge in [0.25, 0.3) is 0 Å². The first-order valence-electron chi connectivity index (χ1n) is 7.93. The Kier molecular flexibility index (Phi) is 6.99. The van der Waals surface area contributed by atoms with E-state index in [4.69, 9.17) is 0 Å². The van der Waals surface area contributed by atoms with E-state index >= 15 is 0 Å². The molecule has 0 aliphatic rings. The standard InChI is InChI=1S/C18H24N2OS2/c1-4-14(3)23-16-7-8-17(13(2)12-16)20-18(21)19-10-9-15-6-5-11-22-15/h5-8,11-12,14H,4,9-10H2,1-3H3,(H2,19,20,21). The van der Waals surface area contributed by atoms with Gasteiger partial charge in [0.1, 0.15) is 0 Å². The summed E-state index contributed by atoms with van der Waals surface area (Å²) in [5, 5.41) is 8.49. The van der Waals surface area contributed by atoms with Crippen LogP contribution in [0.2, 0.25) is 0 Å². The number of amides is 2. The Labute approximate surface area is 146 Å². The maximum atomic E-state index is 12.0. The number of nitrogens with one attached hydrogen (secondary N) is 2. The molecule has 2 N–H and O–H groups in total. The largest absolute Gasteiger partial charge is 0.338 e. The molecule has 2 rings (SSSR count). The predicted molar refractivity (Wildman–Crippen MR) is 102 cm³/mol. The van der Waals surface area contributed by atoms with Crippen LogP contribution >= 0.6 is 23.1 Å². The van der Waals surface area contributed by atoms with Gasteiger partial charge in [-0.1, -0.05) is 19.9 Å². The van der Waals surface area contributed by atoms with Gasteiger partial charge in [-0.05, 0) is 55.0 Å². The molecule has 0 fully saturated rings. The van der Waals surface area contributed by atoms with Crippen molar-refractivity contribution in [2.75, 3.05) is 11.9 Å². The molecule has 2 amide bonds. The Morgan fingerprint density at radius 3 is 2.83 bits per heavy atom. The number of urea groups is 1. The lowest BCUT2D eigenvalue weighted by Crippen LogP contribution is -2.30. The number of aryl methyl sites for hydroxylation is 1. The van der Waals surface area contributed by atoms with E-state index in [0.717, 1.165) is 24.1 Å². The minimum Gasteiger partial charge on any atom is -0.338 e. The molecule has 0 saturated carbocycles. The highest BCUT2D eigenvalue weighted by Crippen LogP contribution is 2.28. The highest BCUT2D eigenvalue weighted by molar-refractivity contribution is 7.99. The topological polar surface area (TPSA) is 41.1 Å². The molecule has 1 unspecified atom stereocenters. The molecule has 1 aromatic carbocycles. The van der Waals surface area contributed by atoms with E-state index in [9.17, 15) is 4.79 Å². The predicted octanol–water partition coefficient (Wildman–Crippen LogP) is 5.31. The van der Waals surface area contributed by atoms with E-state index in [1.54, 1.807) is 11.3 Å². The van der Waals surface area contributed by atoms with Crippen LogP contribution in [0, 0.1) is 6.92 Å². The van der Waals surface area contributed by atoms with Gasteiger partial charge in [0.05, 0.1) is 0 Å². The fourth-order valence-corrected chi connectivity index (χ4v) is 3.82. The Morgan fingerprint density at radius 2 is 2.17 bits per heavy atom. The van der Waals surface area contributed by atoms with Crippen LogP contribution in [0.5, 0.6) is 0 Å². The van der Waals surface area contributed by atoms with Crippen LogP contribution in [0.15, 0.2) is 40.6 Å². The van der Waals surface area contributed by atoms with Gasteiger partial charge in [-0.15, -0.1) is 23.1 Å². The minimum absolute atomic E-state index is 0.146. The van der Waals surface area contributed by atoms with Crippen molar-refractivity contribution in [3.05, 3.63) is 46.2 Å². The number of carbonyl (C=O) groups is 1. The molecule has 0 saturated heterocycles. The summed E-state index contributed by atoms with van der Waals surface area (Å²) < 4.78 is 0. The van der Waals surface area contributed by atoms with Crippen molar-refractivity contribution in [3.8, 4) is 0 Å². The van der Waals surface area contributed by atoms with E-state index in [0.29, 0.717) is 11.8 Å². The summed E-state index contributed by atoms with van der Waals surface area (Å²) in [6.07, 6.45) is 2.02. The van der Waals surface area contributed by atoms with Crippen molar-refractivity contribution in [1.82, 2.24) is 5.32 Å². The minimum atomic E-state index is -0.146. The molecule has 2 aromatic rings. The molecule has 1 aromatic heterocycles. The number of thiophene rings is 1. The van der Waals surface area contributed by atoms with Gasteiger partial charge in [0, 0.05) is 27.3 Å². The molecular weight excluding hydrogens is 324 g/mol. The first-order valence-corrected chi connectivity index (χ1v) is 9.69. The molecule has 1 heterocycles. The van der Waals surface area contributed by atoms with E-state index < -0.39 is 0 Å². The van der Waals surface area contributed by atoms with Crippen LogP contribution in [0.25, 0.3) is 0 Å². The van der Waals surface area contributed by atoms with E-state index in [2.05, 4.69) is 48.1 Å². The van der Waals surface area contributed by atoms with Crippen molar-refractivity contribution in [3.63, 3.8) is 0 Å². The van der Waals surface area contributed by atoms with Crippen LogP contribution in [0.4, 0.5) is 10.5 Å². The lowest BCUT2D eigenvalue weighted by atomic mass is 10.2. The first kappa shape index (κ1) is 17.9. The number of anilines is 1. The van der Waals surface area contributed by atoms with Gasteiger partial charge in [0.15, 0.2) is 0 Å². The number of benzene rings is 1. The van der Waals surface area contributed by atoms with Crippen LogP contribution in [-0.2, 0) is 6.42 Å². The SMILES string of the molecule is CCC(C)Sc1ccc(NC(=O)NCCc2cccs2)c(C)c1. The molecule has 3 nitrogen and oxygen atoms in total. The van der Waals surface area contributed by atoms with Crippen molar-refractivity contribution in [1.29, 1.82) is 0 Å². The first-order chi connectivity index (χ1) is 11.1. The zero-order chi connectivity index (χ0) is 16.7. The molecular formula is C18H24N2OS2. The molecule has 0 spiro atoms. The zero-order valence-corrected chi connectivity index (χ0v) is 15.5. The second-order valence-corrected chi connectivity index (χ2v) is 8.07. The van der Waals surface area contributed by atoms with Crippen LogP contribution in [0.3, 0.4) is 0 Å². The number of hydrogen-bond acceptors (Lipinski definition) is 3. The summed E-state index contributed by atoms with van der Waals surface area (Å²) in [5.41, 5.74) is 1.96. The lowest BCUT2D eigenvalue weighted by molar-refractivity contribution is 0.252. The molecule has 0 aliphatic heterocycles. The lowest BCUT2D eigenvalue weighted by Gasteiger charge is -2.13. The third kappa shape index (κ3) is 5.92. The molecule has 0 bridgehead atoms. The third-order valence-electron chi connectivity index (χ3n) is 3.60. The van der Waals surface area contributed by atoms with Gasteiger partial charge in [-0.3, -0.25) is 0 Å². The van der Waals surface area contributed by atoms with E-state index in [1.165, 1.54) is 9.77 Å². The smallest absolute Gasteiger partial charge is 0.319 e. The number of carbonyl (C=O) groups excluding carboxylic acids is 1. The maximum Gasteiger partial charge on any atom is 0.319 e. The summed E-state index contributed by atoms with van der Waals surface area (Å²) in [4.78, 5) is 14.5. The number of rotatable bonds is 7. The second-order valence-electron chi connectivity index (χ2n) is 5.52. The zero-order valence-electron chi connectivity index (χ0n) is 13.9. The van der Waals surface area contributed by atoms with Gasteiger partial charge >= 0.3 is 6.03 Å².